The predicted octanol–water partition coefficient (Wildman–Crippen LogP) is 1.92. The third-order valence-electron chi connectivity index (χ3n) is 2.32. The Morgan fingerprint density at radius 1 is 1.40 bits per heavy atom. The summed E-state index contributed by atoms with van der Waals surface area (Å²) in [5.41, 5.74) is 3.15. The number of para-hydroxylation sites is 1. The van der Waals surface area contributed by atoms with Gasteiger partial charge in [-0.1, -0.05) is 18.2 Å². The monoisotopic (exact) mass is 200 g/mol. The molecule has 2 aromatic rings. The minimum absolute atomic E-state index is 0.423. The van der Waals surface area contributed by atoms with Gasteiger partial charge in [0.2, 0.25) is 0 Å². The molecule has 0 radical (unpaired) electrons. The fourth-order valence-electron chi connectivity index (χ4n) is 1.51. The topological polar surface area (TPSA) is 34.9 Å². The molecule has 1 heterocycles. The Labute approximate surface area is 88.4 Å². The third-order valence-corrected chi connectivity index (χ3v) is 2.32. The van der Waals surface area contributed by atoms with Crippen LogP contribution in [-0.2, 0) is 11.2 Å². The zero-order valence-corrected chi connectivity index (χ0v) is 8.55. The summed E-state index contributed by atoms with van der Waals surface area (Å²) in [5.74, 6) is 0. The lowest BCUT2D eigenvalue weighted by atomic mass is 10.2. The smallest absolute Gasteiger partial charge is 0.124 e. The maximum absolute atomic E-state index is 10.3. The molecule has 0 amide bonds. The number of carbonyl (C=O) groups is 1. The predicted molar refractivity (Wildman–Crippen MR) is 58.1 cm³/mol. The Bertz CT molecular complexity index is 474. The molecule has 0 unspecified atom stereocenters. The zero-order valence-electron chi connectivity index (χ0n) is 8.55. The number of rotatable bonds is 3. The molecule has 0 saturated heterocycles. The molecule has 1 aromatic heterocycles. The molecule has 0 bridgehead atoms. The fourth-order valence-corrected chi connectivity index (χ4v) is 1.51. The summed E-state index contributed by atoms with van der Waals surface area (Å²) < 4.78 is 1.80. The Morgan fingerprint density at radius 2 is 2.20 bits per heavy atom. The van der Waals surface area contributed by atoms with Crippen LogP contribution in [0.4, 0.5) is 0 Å². The van der Waals surface area contributed by atoms with E-state index in [0.29, 0.717) is 6.42 Å². The number of aldehydes is 1. The Balaban J connectivity index is 2.37. The highest BCUT2D eigenvalue weighted by molar-refractivity contribution is 5.54. The van der Waals surface area contributed by atoms with Gasteiger partial charge in [-0.2, -0.15) is 5.10 Å². The number of carbonyl (C=O) groups excluding carboxylic acids is 1. The average molecular weight is 200 g/mol. The normalized spacial score (nSPS) is 10.2. The molecule has 3 nitrogen and oxygen atoms in total. The van der Waals surface area contributed by atoms with Gasteiger partial charge in [0.15, 0.2) is 0 Å². The number of aromatic nitrogens is 2. The second-order valence-corrected chi connectivity index (χ2v) is 3.45. The maximum atomic E-state index is 10.3. The van der Waals surface area contributed by atoms with Crippen molar-refractivity contribution in [1.29, 1.82) is 0 Å². The molecule has 3 heteroatoms. The number of nitrogens with zero attached hydrogens (tertiary/aromatic N) is 2. The van der Waals surface area contributed by atoms with Gasteiger partial charge in [-0.05, 0) is 24.1 Å². The number of hydrogen-bond acceptors (Lipinski definition) is 2. The number of hydrogen-bond donors (Lipinski definition) is 0. The van der Waals surface area contributed by atoms with Crippen LogP contribution in [0.3, 0.4) is 0 Å². The van der Waals surface area contributed by atoms with Gasteiger partial charge in [0.05, 0.1) is 11.9 Å². The molecule has 0 fully saturated rings. The molecule has 2 rings (SSSR count). The van der Waals surface area contributed by atoms with Crippen LogP contribution in [0, 0.1) is 6.92 Å². The molecule has 0 aliphatic heterocycles. The molecule has 1 aromatic carbocycles. The van der Waals surface area contributed by atoms with E-state index in [1.165, 1.54) is 5.56 Å². The summed E-state index contributed by atoms with van der Waals surface area (Å²) in [6, 6.07) is 8.02. The first-order valence-corrected chi connectivity index (χ1v) is 4.84. The van der Waals surface area contributed by atoms with E-state index >= 15 is 0 Å². The van der Waals surface area contributed by atoms with Crippen molar-refractivity contribution in [1.82, 2.24) is 9.78 Å². The third kappa shape index (κ3) is 1.96. The number of aryl methyl sites for hydroxylation is 1. The van der Waals surface area contributed by atoms with Gasteiger partial charge in [0.25, 0.3) is 0 Å². The van der Waals surface area contributed by atoms with Crippen molar-refractivity contribution in [3.63, 3.8) is 0 Å². The highest BCUT2D eigenvalue weighted by Crippen LogP contribution is 2.12. The highest BCUT2D eigenvalue weighted by Gasteiger charge is 2.02. The molecule has 0 atom stereocenters. The lowest BCUT2D eigenvalue weighted by Gasteiger charge is -2.03. The van der Waals surface area contributed by atoms with Crippen LogP contribution in [0.1, 0.15) is 11.1 Å². The van der Waals surface area contributed by atoms with Crippen LogP contribution < -0.4 is 0 Å². The van der Waals surface area contributed by atoms with Gasteiger partial charge in [-0.3, -0.25) is 0 Å². The first-order valence-electron chi connectivity index (χ1n) is 4.84. The van der Waals surface area contributed by atoms with E-state index in [1.54, 1.807) is 10.9 Å². The van der Waals surface area contributed by atoms with Crippen molar-refractivity contribution in [2.75, 3.05) is 0 Å². The lowest BCUT2D eigenvalue weighted by Crippen LogP contribution is -1.96. The molecular weight excluding hydrogens is 188 g/mol. The van der Waals surface area contributed by atoms with Gasteiger partial charge in [-0.25, -0.2) is 4.68 Å². The van der Waals surface area contributed by atoms with Crippen LogP contribution in [0.2, 0.25) is 0 Å². The van der Waals surface area contributed by atoms with Crippen molar-refractivity contribution >= 4 is 6.29 Å². The molecule has 76 valence electrons. The molecular formula is C12H12N2O. The van der Waals surface area contributed by atoms with Crippen molar-refractivity contribution in [2.24, 2.45) is 0 Å². The standard InChI is InChI=1S/C12H12N2O/c1-10-4-2-3-5-12(10)14-9-11(6-7-15)8-13-14/h2-5,7-9H,6H2,1H3. The Hall–Kier alpha value is -1.90. The van der Waals surface area contributed by atoms with Crippen LogP contribution in [0.5, 0.6) is 0 Å². The van der Waals surface area contributed by atoms with Gasteiger partial charge in [0, 0.05) is 12.6 Å². The quantitative estimate of drug-likeness (QED) is 0.709. The Morgan fingerprint density at radius 3 is 2.93 bits per heavy atom. The van der Waals surface area contributed by atoms with Crippen LogP contribution in [0.15, 0.2) is 36.7 Å². The fraction of sp³-hybridized carbons (Fsp3) is 0.167. The van der Waals surface area contributed by atoms with Crippen molar-refractivity contribution in [2.45, 2.75) is 13.3 Å². The summed E-state index contributed by atoms with van der Waals surface area (Å²) >= 11 is 0. The SMILES string of the molecule is Cc1ccccc1-n1cc(CC=O)cn1. The first-order chi connectivity index (χ1) is 7.31. The summed E-state index contributed by atoms with van der Waals surface area (Å²) in [4.78, 5) is 10.3. The van der Waals surface area contributed by atoms with E-state index in [2.05, 4.69) is 5.10 Å². The summed E-state index contributed by atoms with van der Waals surface area (Å²) in [5, 5.41) is 4.22. The van der Waals surface area contributed by atoms with E-state index in [4.69, 9.17) is 0 Å². The van der Waals surface area contributed by atoms with E-state index in [1.807, 2.05) is 37.4 Å². The van der Waals surface area contributed by atoms with Crippen LogP contribution in [-0.4, -0.2) is 16.1 Å². The molecule has 0 aliphatic rings. The van der Waals surface area contributed by atoms with E-state index in [0.717, 1.165) is 17.5 Å². The maximum Gasteiger partial charge on any atom is 0.124 e. The zero-order chi connectivity index (χ0) is 10.7. The molecule has 0 spiro atoms. The summed E-state index contributed by atoms with van der Waals surface area (Å²) in [6.45, 7) is 2.04. The van der Waals surface area contributed by atoms with Crippen molar-refractivity contribution < 1.29 is 4.79 Å². The van der Waals surface area contributed by atoms with E-state index < -0.39 is 0 Å². The van der Waals surface area contributed by atoms with Crippen molar-refractivity contribution in [3.05, 3.63) is 47.8 Å². The second kappa shape index (κ2) is 4.09. The largest absolute Gasteiger partial charge is 0.303 e. The van der Waals surface area contributed by atoms with E-state index in [9.17, 15) is 4.79 Å². The molecule has 0 aliphatic carbocycles. The van der Waals surface area contributed by atoms with Gasteiger partial charge >= 0.3 is 0 Å². The number of benzene rings is 1. The molecule has 15 heavy (non-hydrogen) atoms. The highest BCUT2D eigenvalue weighted by atomic mass is 16.1. The Kier molecular flexibility index (Phi) is 2.63. The van der Waals surface area contributed by atoms with Gasteiger partial charge < -0.3 is 4.79 Å². The van der Waals surface area contributed by atoms with Crippen LogP contribution in [0.25, 0.3) is 5.69 Å². The second-order valence-electron chi connectivity index (χ2n) is 3.45. The summed E-state index contributed by atoms with van der Waals surface area (Å²) in [6.07, 6.45) is 4.92. The lowest BCUT2D eigenvalue weighted by molar-refractivity contribution is -0.107. The van der Waals surface area contributed by atoms with Crippen LogP contribution >= 0.6 is 0 Å². The first kappa shape index (κ1) is 9.65. The van der Waals surface area contributed by atoms with E-state index in [-0.39, 0.29) is 0 Å². The van der Waals surface area contributed by atoms with Gasteiger partial charge in [-0.15, -0.1) is 0 Å². The van der Waals surface area contributed by atoms with Crippen molar-refractivity contribution in [3.8, 4) is 5.69 Å². The van der Waals surface area contributed by atoms with Gasteiger partial charge in [0.1, 0.15) is 6.29 Å². The molecule has 0 saturated carbocycles. The minimum atomic E-state index is 0.423. The molecule has 0 N–H and O–H groups in total. The average Bonchev–Trinajstić information content (AvgIpc) is 2.68. The minimum Gasteiger partial charge on any atom is -0.303 e. The summed E-state index contributed by atoms with van der Waals surface area (Å²) in [7, 11) is 0.